The van der Waals surface area contributed by atoms with E-state index in [9.17, 15) is 5.11 Å². The Morgan fingerprint density at radius 2 is 2.21 bits per heavy atom. The van der Waals surface area contributed by atoms with Crippen LogP contribution in [-0.2, 0) is 13.0 Å². The van der Waals surface area contributed by atoms with E-state index in [2.05, 4.69) is 10.1 Å². The van der Waals surface area contributed by atoms with Gasteiger partial charge in [-0.15, -0.1) is 0 Å². The molecule has 1 heterocycles. The Bertz CT molecular complexity index is 549. The summed E-state index contributed by atoms with van der Waals surface area (Å²) in [6.45, 7) is 5.85. The zero-order valence-corrected chi connectivity index (χ0v) is 11.4. The van der Waals surface area contributed by atoms with Gasteiger partial charge in [0.25, 0.3) is 5.89 Å². The summed E-state index contributed by atoms with van der Waals surface area (Å²) in [5.74, 6) is 1.74. The summed E-state index contributed by atoms with van der Waals surface area (Å²) in [7, 11) is 0. The van der Waals surface area contributed by atoms with Crippen molar-refractivity contribution in [3.63, 3.8) is 0 Å². The van der Waals surface area contributed by atoms with Gasteiger partial charge in [0, 0.05) is 12.0 Å². The van der Waals surface area contributed by atoms with E-state index in [4.69, 9.17) is 9.26 Å². The largest absolute Gasteiger partial charge is 0.483 e. The van der Waals surface area contributed by atoms with Crippen molar-refractivity contribution in [2.45, 2.75) is 39.9 Å². The Morgan fingerprint density at radius 3 is 2.84 bits per heavy atom. The van der Waals surface area contributed by atoms with Crippen LogP contribution in [0.15, 0.2) is 22.7 Å². The van der Waals surface area contributed by atoms with Gasteiger partial charge in [-0.25, -0.2) is 0 Å². The lowest BCUT2D eigenvalue weighted by Crippen LogP contribution is -2.02. The Labute approximate surface area is 112 Å². The van der Waals surface area contributed by atoms with Crippen LogP contribution in [0.1, 0.15) is 42.8 Å². The average Bonchev–Trinajstić information content (AvgIpc) is 2.85. The molecule has 19 heavy (non-hydrogen) atoms. The Kier molecular flexibility index (Phi) is 4.16. The minimum Gasteiger partial charge on any atom is -0.483 e. The van der Waals surface area contributed by atoms with Crippen molar-refractivity contribution in [2.24, 2.45) is 0 Å². The fraction of sp³-hybridized carbons (Fsp3) is 0.429. The second kappa shape index (κ2) is 5.84. The predicted molar refractivity (Wildman–Crippen MR) is 69.8 cm³/mol. The van der Waals surface area contributed by atoms with Crippen LogP contribution in [0.5, 0.6) is 5.75 Å². The fourth-order valence-corrected chi connectivity index (χ4v) is 1.76. The molecule has 2 aromatic rings. The molecule has 5 heteroatoms. The Morgan fingerprint density at radius 1 is 1.42 bits per heavy atom. The number of rotatable bonds is 5. The molecule has 1 aromatic carbocycles. The lowest BCUT2D eigenvalue weighted by atomic mass is 10.1. The normalized spacial score (nSPS) is 12.4. The number of hydrogen-bond acceptors (Lipinski definition) is 5. The third-order valence-electron chi connectivity index (χ3n) is 2.79. The third-order valence-corrected chi connectivity index (χ3v) is 2.79. The van der Waals surface area contributed by atoms with Gasteiger partial charge >= 0.3 is 0 Å². The maximum absolute atomic E-state index is 9.74. The number of aromatic nitrogens is 2. The molecule has 1 atom stereocenters. The molecule has 0 amide bonds. The van der Waals surface area contributed by atoms with Gasteiger partial charge in [-0.2, -0.15) is 4.98 Å². The summed E-state index contributed by atoms with van der Waals surface area (Å²) >= 11 is 0. The second-order valence-electron chi connectivity index (χ2n) is 4.46. The molecule has 0 spiro atoms. The number of aliphatic hydroxyl groups excluding tert-OH is 1. The summed E-state index contributed by atoms with van der Waals surface area (Å²) in [5.41, 5.74) is 1.84. The van der Waals surface area contributed by atoms with Crippen LogP contribution in [0.3, 0.4) is 0 Å². The molecule has 0 aliphatic heterocycles. The van der Waals surface area contributed by atoms with Crippen molar-refractivity contribution < 1.29 is 14.4 Å². The van der Waals surface area contributed by atoms with Crippen LogP contribution in [0.25, 0.3) is 0 Å². The topological polar surface area (TPSA) is 68.4 Å². The van der Waals surface area contributed by atoms with Gasteiger partial charge < -0.3 is 14.4 Å². The molecule has 1 N–H and O–H groups in total. The number of aliphatic hydroxyl groups is 1. The summed E-state index contributed by atoms with van der Waals surface area (Å²) in [6, 6.07) is 5.69. The summed E-state index contributed by atoms with van der Waals surface area (Å²) in [4.78, 5) is 4.17. The Hall–Kier alpha value is -1.88. The van der Waals surface area contributed by atoms with Gasteiger partial charge in [0.1, 0.15) is 5.75 Å². The highest BCUT2D eigenvalue weighted by Crippen LogP contribution is 2.26. The van der Waals surface area contributed by atoms with Gasteiger partial charge in [0.2, 0.25) is 0 Å². The van der Waals surface area contributed by atoms with Crippen molar-refractivity contribution in [3.8, 4) is 5.75 Å². The standard InChI is InChI=1S/C14H18N2O3/c1-4-13-15-14(19-16-13)8-18-12-6-5-9(2)7-11(12)10(3)17/h5-7,10,17H,4,8H2,1-3H3/t10-/m1/s1. The van der Waals surface area contributed by atoms with Crippen molar-refractivity contribution in [3.05, 3.63) is 41.0 Å². The lowest BCUT2D eigenvalue weighted by molar-refractivity contribution is 0.185. The minimum atomic E-state index is -0.580. The van der Waals surface area contributed by atoms with E-state index in [1.54, 1.807) is 6.92 Å². The summed E-state index contributed by atoms with van der Waals surface area (Å²) in [6.07, 6.45) is 0.149. The first-order valence-corrected chi connectivity index (χ1v) is 6.33. The number of benzene rings is 1. The van der Waals surface area contributed by atoms with Crippen LogP contribution >= 0.6 is 0 Å². The van der Waals surface area contributed by atoms with Gasteiger partial charge in [-0.3, -0.25) is 0 Å². The molecule has 0 unspecified atom stereocenters. The molecule has 0 aliphatic carbocycles. The van der Waals surface area contributed by atoms with Gasteiger partial charge in [-0.05, 0) is 26.0 Å². The van der Waals surface area contributed by atoms with Crippen molar-refractivity contribution in [1.82, 2.24) is 10.1 Å². The molecule has 0 saturated carbocycles. The van der Waals surface area contributed by atoms with E-state index < -0.39 is 6.10 Å². The van der Waals surface area contributed by atoms with E-state index in [0.29, 0.717) is 17.5 Å². The molecule has 0 radical (unpaired) electrons. The maximum atomic E-state index is 9.74. The molecule has 102 valence electrons. The highest BCUT2D eigenvalue weighted by Gasteiger charge is 2.11. The highest BCUT2D eigenvalue weighted by atomic mass is 16.5. The van der Waals surface area contributed by atoms with Crippen LogP contribution in [0.2, 0.25) is 0 Å². The quantitative estimate of drug-likeness (QED) is 0.896. The number of ether oxygens (including phenoxy) is 1. The summed E-state index contributed by atoms with van der Waals surface area (Å²) < 4.78 is 10.7. The van der Waals surface area contributed by atoms with Crippen LogP contribution in [-0.4, -0.2) is 15.2 Å². The van der Waals surface area contributed by atoms with Gasteiger partial charge in [0.15, 0.2) is 12.4 Å². The molecular formula is C14H18N2O3. The highest BCUT2D eigenvalue weighted by molar-refractivity contribution is 5.38. The molecule has 0 aliphatic rings. The monoisotopic (exact) mass is 262 g/mol. The van der Waals surface area contributed by atoms with Crippen molar-refractivity contribution in [2.75, 3.05) is 0 Å². The number of aryl methyl sites for hydroxylation is 2. The Balaban J connectivity index is 2.10. The van der Waals surface area contributed by atoms with Gasteiger partial charge in [0.05, 0.1) is 6.10 Å². The molecular weight excluding hydrogens is 244 g/mol. The van der Waals surface area contributed by atoms with Crippen molar-refractivity contribution in [1.29, 1.82) is 0 Å². The summed E-state index contributed by atoms with van der Waals surface area (Å²) in [5, 5.41) is 13.5. The first-order chi connectivity index (χ1) is 9.10. The maximum Gasteiger partial charge on any atom is 0.264 e. The lowest BCUT2D eigenvalue weighted by Gasteiger charge is -2.13. The first kappa shape index (κ1) is 13.5. The molecule has 0 bridgehead atoms. The third kappa shape index (κ3) is 3.32. The van der Waals surface area contributed by atoms with Crippen molar-refractivity contribution >= 4 is 0 Å². The second-order valence-corrected chi connectivity index (χ2v) is 4.46. The van der Waals surface area contributed by atoms with E-state index in [1.165, 1.54) is 0 Å². The SMILES string of the molecule is CCc1noc(COc2ccc(C)cc2[C@@H](C)O)n1. The first-order valence-electron chi connectivity index (χ1n) is 6.33. The molecule has 5 nitrogen and oxygen atoms in total. The van der Waals surface area contributed by atoms with E-state index in [-0.39, 0.29) is 6.61 Å². The predicted octanol–water partition coefficient (Wildman–Crippen LogP) is 2.57. The van der Waals surface area contributed by atoms with E-state index in [1.807, 2.05) is 32.0 Å². The molecule has 2 rings (SSSR count). The number of hydrogen-bond donors (Lipinski definition) is 1. The smallest absolute Gasteiger partial charge is 0.264 e. The molecule has 1 aromatic heterocycles. The van der Waals surface area contributed by atoms with Crippen LogP contribution < -0.4 is 4.74 Å². The molecule has 0 saturated heterocycles. The molecule has 0 fully saturated rings. The zero-order chi connectivity index (χ0) is 13.8. The van der Waals surface area contributed by atoms with E-state index in [0.717, 1.165) is 17.5 Å². The fourth-order valence-electron chi connectivity index (χ4n) is 1.76. The van der Waals surface area contributed by atoms with Crippen LogP contribution in [0, 0.1) is 6.92 Å². The van der Waals surface area contributed by atoms with Crippen LogP contribution in [0.4, 0.5) is 0 Å². The van der Waals surface area contributed by atoms with E-state index >= 15 is 0 Å². The number of nitrogens with zero attached hydrogens (tertiary/aromatic N) is 2. The zero-order valence-electron chi connectivity index (χ0n) is 11.4. The van der Waals surface area contributed by atoms with Gasteiger partial charge in [-0.1, -0.05) is 23.7 Å². The minimum absolute atomic E-state index is 0.204. The average molecular weight is 262 g/mol.